The Morgan fingerprint density at radius 2 is 1.87 bits per heavy atom. The maximum atomic E-state index is 13.8. The Morgan fingerprint density at radius 1 is 1.07 bits per heavy atom. The molecule has 0 bridgehead atoms. The Hall–Kier alpha value is -1.72. The number of piperidine rings is 1. The third-order valence-electron chi connectivity index (χ3n) is 7.12. The highest BCUT2D eigenvalue weighted by atomic mass is 19.1. The summed E-state index contributed by atoms with van der Waals surface area (Å²) in [6, 6.07) is 8.18. The molecular weight excluding hydrogens is 375 g/mol. The molecule has 0 radical (unpaired) electrons. The van der Waals surface area contributed by atoms with Gasteiger partial charge in [0, 0.05) is 49.8 Å². The van der Waals surface area contributed by atoms with E-state index in [-0.39, 0.29) is 5.82 Å². The normalized spacial score (nSPS) is 20.0. The van der Waals surface area contributed by atoms with Crippen molar-refractivity contribution in [3.05, 3.63) is 36.3 Å². The minimum atomic E-state index is -0.195. The van der Waals surface area contributed by atoms with E-state index in [4.69, 9.17) is 0 Å². The molecule has 4 nitrogen and oxygen atoms in total. The molecule has 4 rings (SSSR count). The highest BCUT2D eigenvalue weighted by Crippen LogP contribution is 2.28. The van der Waals surface area contributed by atoms with Gasteiger partial charge in [0.2, 0.25) is 0 Å². The molecule has 1 aliphatic carbocycles. The second-order valence-corrected chi connectivity index (χ2v) is 9.08. The molecule has 2 fully saturated rings. The monoisotopic (exact) mass is 412 g/mol. The van der Waals surface area contributed by atoms with Crippen molar-refractivity contribution in [1.82, 2.24) is 15.6 Å². The van der Waals surface area contributed by atoms with E-state index in [9.17, 15) is 4.39 Å². The molecule has 1 aromatic carbocycles. The highest BCUT2D eigenvalue weighted by molar-refractivity contribution is 5.92. The van der Waals surface area contributed by atoms with Gasteiger partial charge in [0.05, 0.1) is 0 Å². The standard InChI is InChI=1S/C25H37FN4/c1-2-24(20-6-4-3-5-7-20)28-15-14-27-22-11-16-30(17-12-22)25-23-18-21(26)9-8-19(23)10-13-29-25/h8-10,13,18,20,22,24,27-28H,2-7,11-12,14-17H2,1H3. The average molecular weight is 413 g/mol. The van der Waals surface area contributed by atoms with Crippen LogP contribution in [0.3, 0.4) is 0 Å². The molecule has 2 N–H and O–H groups in total. The molecule has 1 aliphatic heterocycles. The fraction of sp³-hybridized carbons (Fsp3) is 0.640. The van der Waals surface area contributed by atoms with Crippen molar-refractivity contribution in [1.29, 1.82) is 0 Å². The summed E-state index contributed by atoms with van der Waals surface area (Å²) < 4.78 is 13.8. The Bertz CT molecular complexity index is 797. The number of nitrogens with one attached hydrogen (secondary N) is 2. The summed E-state index contributed by atoms with van der Waals surface area (Å²) in [4.78, 5) is 6.89. The van der Waals surface area contributed by atoms with Crippen LogP contribution >= 0.6 is 0 Å². The maximum absolute atomic E-state index is 13.8. The highest BCUT2D eigenvalue weighted by Gasteiger charge is 2.23. The molecule has 0 amide bonds. The number of nitrogens with zero attached hydrogens (tertiary/aromatic N) is 2. The lowest BCUT2D eigenvalue weighted by molar-refractivity contribution is 0.261. The number of anilines is 1. The molecule has 1 aromatic heterocycles. The topological polar surface area (TPSA) is 40.2 Å². The van der Waals surface area contributed by atoms with E-state index in [0.29, 0.717) is 12.1 Å². The van der Waals surface area contributed by atoms with Crippen LogP contribution in [0.25, 0.3) is 10.8 Å². The molecule has 5 heteroatoms. The van der Waals surface area contributed by atoms with Crippen LogP contribution in [0.2, 0.25) is 0 Å². The van der Waals surface area contributed by atoms with E-state index in [0.717, 1.165) is 61.5 Å². The number of pyridine rings is 1. The van der Waals surface area contributed by atoms with Crippen molar-refractivity contribution in [3.8, 4) is 0 Å². The van der Waals surface area contributed by atoms with Crippen LogP contribution in [0.4, 0.5) is 10.2 Å². The largest absolute Gasteiger partial charge is 0.356 e. The van der Waals surface area contributed by atoms with Gasteiger partial charge < -0.3 is 15.5 Å². The predicted octanol–water partition coefficient (Wildman–Crippen LogP) is 4.88. The minimum absolute atomic E-state index is 0.195. The summed E-state index contributed by atoms with van der Waals surface area (Å²) in [6.45, 7) is 6.34. The molecule has 0 spiro atoms. The SMILES string of the molecule is CCC(NCCNC1CCN(c2nccc3ccc(F)cc23)CC1)C1CCCCC1. The first-order chi connectivity index (χ1) is 14.7. The third-order valence-corrected chi connectivity index (χ3v) is 7.12. The van der Waals surface area contributed by atoms with Gasteiger partial charge in [0.25, 0.3) is 0 Å². The second-order valence-electron chi connectivity index (χ2n) is 9.08. The number of halogens is 1. The van der Waals surface area contributed by atoms with Gasteiger partial charge in [-0.15, -0.1) is 0 Å². The number of benzene rings is 1. The van der Waals surface area contributed by atoms with Crippen LogP contribution in [0, 0.1) is 11.7 Å². The summed E-state index contributed by atoms with van der Waals surface area (Å²) in [6.07, 6.45) is 12.4. The Morgan fingerprint density at radius 3 is 2.63 bits per heavy atom. The Balaban J connectivity index is 1.22. The zero-order valence-corrected chi connectivity index (χ0v) is 18.4. The molecule has 30 heavy (non-hydrogen) atoms. The van der Waals surface area contributed by atoms with Crippen molar-refractivity contribution < 1.29 is 4.39 Å². The summed E-state index contributed by atoms with van der Waals surface area (Å²) in [5.74, 6) is 1.61. The number of aromatic nitrogens is 1. The van der Waals surface area contributed by atoms with E-state index >= 15 is 0 Å². The van der Waals surface area contributed by atoms with Crippen LogP contribution in [-0.4, -0.2) is 43.2 Å². The molecule has 164 valence electrons. The van der Waals surface area contributed by atoms with Gasteiger partial charge in [-0.1, -0.05) is 32.3 Å². The van der Waals surface area contributed by atoms with Crippen molar-refractivity contribution in [3.63, 3.8) is 0 Å². The third kappa shape index (κ3) is 5.30. The van der Waals surface area contributed by atoms with Gasteiger partial charge in [0.15, 0.2) is 0 Å². The molecule has 1 atom stereocenters. The zero-order valence-electron chi connectivity index (χ0n) is 18.4. The maximum Gasteiger partial charge on any atom is 0.136 e. The summed E-state index contributed by atoms with van der Waals surface area (Å²) in [5.41, 5.74) is 0. The van der Waals surface area contributed by atoms with E-state index in [2.05, 4.69) is 27.4 Å². The van der Waals surface area contributed by atoms with Gasteiger partial charge in [-0.05, 0) is 61.6 Å². The van der Waals surface area contributed by atoms with Crippen LogP contribution < -0.4 is 15.5 Å². The van der Waals surface area contributed by atoms with E-state index < -0.39 is 0 Å². The zero-order chi connectivity index (χ0) is 20.8. The Labute approximate surface area is 180 Å². The summed E-state index contributed by atoms with van der Waals surface area (Å²) >= 11 is 0. The van der Waals surface area contributed by atoms with Crippen molar-refractivity contribution in [2.24, 2.45) is 5.92 Å². The number of rotatable bonds is 8. The molecule has 1 saturated heterocycles. The van der Waals surface area contributed by atoms with Gasteiger partial charge in [-0.2, -0.15) is 0 Å². The first-order valence-electron chi connectivity index (χ1n) is 12.0. The summed E-state index contributed by atoms with van der Waals surface area (Å²) in [5, 5.41) is 9.54. The van der Waals surface area contributed by atoms with Crippen LogP contribution in [0.15, 0.2) is 30.5 Å². The van der Waals surface area contributed by atoms with Crippen molar-refractivity contribution >= 4 is 16.6 Å². The van der Waals surface area contributed by atoms with Crippen molar-refractivity contribution in [2.45, 2.75) is 70.4 Å². The van der Waals surface area contributed by atoms with Gasteiger partial charge in [0.1, 0.15) is 11.6 Å². The second kappa shape index (κ2) is 10.5. The van der Waals surface area contributed by atoms with E-state index in [1.807, 2.05) is 18.3 Å². The first-order valence-corrected chi connectivity index (χ1v) is 12.0. The van der Waals surface area contributed by atoms with Crippen LogP contribution in [0.1, 0.15) is 58.3 Å². The number of hydrogen-bond acceptors (Lipinski definition) is 4. The van der Waals surface area contributed by atoms with Crippen molar-refractivity contribution in [2.75, 3.05) is 31.1 Å². The number of fused-ring (bicyclic) bond motifs is 1. The molecule has 1 saturated carbocycles. The van der Waals surface area contributed by atoms with E-state index in [1.54, 1.807) is 6.07 Å². The molecule has 2 aliphatic rings. The lowest BCUT2D eigenvalue weighted by atomic mass is 9.83. The number of hydrogen-bond donors (Lipinski definition) is 2. The molecule has 1 unspecified atom stereocenters. The lowest BCUT2D eigenvalue weighted by Crippen LogP contribution is -2.46. The fourth-order valence-electron chi connectivity index (χ4n) is 5.39. The van der Waals surface area contributed by atoms with Crippen LogP contribution in [-0.2, 0) is 0 Å². The van der Waals surface area contributed by atoms with E-state index in [1.165, 1.54) is 44.6 Å². The molecular formula is C25H37FN4. The molecule has 2 heterocycles. The smallest absolute Gasteiger partial charge is 0.136 e. The quantitative estimate of drug-likeness (QED) is 0.606. The first kappa shape index (κ1) is 21.5. The van der Waals surface area contributed by atoms with Crippen LogP contribution in [0.5, 0.6) is 0 Å². The fourth-order valence-corrected chi connectivity index (χ4v) is 5.39. The Kier molecular flexibility index (Phi) is 7.56. The average Bonchev–Trinajstić information content (AvgIpc) is 2.80. The molecule has 2 aromatic rings. The van der Waals surface area contributed by atoms with Gasteiger partial charge >= 0.3 is 0 Å². The minimum Gasteiger partial charge on any atom is -0.356 e. The lowest BCUT2D eigenvalue weighted by Gasteiger charge is -2.34. The summed E-state index contributed by atoms with van der Waals surface area (Å²) in [7, 11) is 0. The predicted molar refractivity (Wildman–Crippen MR) is 124 cm³/mol. The van der Waals surface area contributed by atoms with Gasteiger partial charge in [-0.3, -0.25) is 0 Å². The van der Waals surface area contributed by atoms with Gasteiger partial charge in [-0.25, -0.2) is 9.37 Å².